The number of nitrogens with zero attached hydrogens (tertiary/aromatic N) is 1. The molecular weight excluding hydrogens is 360 g/mol. The predicted octanol–water partition coefficient (Wildman–Crippen LogP) is 1.55. The molecule has 8 nitrogen and oxygen atoms in total. The Hall–Kier alpha value is -3.07. The molecule has 0 amide bonds. The van der Waals surface area contributed by atoms with Gasteiger partial charge in [0, 0.05) is 11.9 Å². The van der Waals surface area contributed by atoms with E-state index in [9.17, 15) is 18.0 Å². The summed E-state index contributed by atoms with van der Waals surface area (Å²) in [6, 6.07) is 6.35. The van der Waals surface area contributed by atoms with Crippen molar-refractivity contribution in [3.8, 4) is 0 Å². The molecule has 1 aliphatic heterocycles. The van der Waals surface area contributed by atoms with Gasteiger partial charge in [0.05, 0.1) is 31.7 Å². The van der Waals surface area contributed by atoms with Crippen LogP contribution in [0.3, 0.4) is 0 Å². The van der Waals surface area contributed by atoms with E-state index < -0.39 is 22.0 Å². The second-order valence-electron chi connectivity index (χ2n) is 5.24. The number of rotatable bonds is 5. The lowest BCUT2D eigenvalue weighted by Crippen LogP contribution is -2.27. The molecule has 1 aliphatic rings. The molecule has 1 aromatic carbocycles. The predicted molar refractivity (Wildman–Crippen MR) is 96.7 cm³/mol. The first kappa shape index (κ1) is 19.3. The maximum Gasteiger partial charge on any atom is 0.355 e. The van der Waals surface area contributed by atoms with Gasteiger partial charge in [-0.05, 0) is 30.4 Å². The fourth-order valence-electron chi connectivity index (χ4n) is 2.30. The number of ether oxygens (including phenoxy) is 2. The summed E-state index contributed by atoms with van der Waals surface area (Å²) >= 11 is 0. The van der Waals surface area contributed by atoms with E-state index in [4.69, 9.17) is 9.47 Å². The molecule has 138 valence electrons. The van der Waals surface area contributed by atoms with Gasteiger partial charge in [-0.2, -0.15) is 0 Å². The summed E-state index contributed by atoms with van der Waals surface area (Å²) in [5.41, 5.74) is 0.700. The molecule has 0 spiro atoms. The van der Waals surface area contributed by atoms with Gasteiger partial charge in [0.1, 0.15) is 5.70 Å². The minimum absolute atomic E-state index is 0.00539. The quantitative estimate of drug-likeness (QED) is 0.776. The zero-order valence-corrected chi connectivity index (χ0v) is 15.2. The van der Waals surface area contributed by atoms with Crippen LogP contribution in [0.25, 0.3) is 0 Å². The molecule has 0 radical (unpaired) electrons. The Labute approximate surface area is 151 Å². The van der Waals surface area contributed by atoms with Crippen LogP contribution >= 0.6 is 0 Å². The number of benzene rings is 1. The van der Waals surface area contributed by atoms with Gasteiger partial charge in [-0.3, -0.25) is 4.72 Å². The molecule has 0 bridgehead atoms. The van der Waals surface area contributed by atoms with Gasteiger partial charge in [-0.25, -0.2) is 18.0 Å². The Morgan fingerprint density at radius 1 is 1.08 bits per heavy atom. The van der Waals surface area contributed by atoms with Crippen molar-refractivity contribution in [2.75, 3.05) is 30.1 Å². The van der Waals surface area contributed by atoms with E-state index in [1.807, 2.05) is 0 Å². The van der Waals surface area contributed by atoms with E-state index in [0.29, 0.717) is 11.4 Å². The van der Waals surface area contributed by atoms with Crippen molar-refractivity contribution in [2.45, 2.75) is 0 Å². The van der Waals surface area contributed by atoms with Crippen LogP contribution in [-0.2, 0) is 29.1 Å². The molecule has 0 saturated heterocycles. The highest BCUT2D eigenvalue weighted by atomic mass is 32.2. The number of sulfonamides is 1. The number of allylic oxidation sites excluding steroid dienone is 2. The number of hydrogen-bond acceptors (Lipinski definition) is 7. The van der Waals surface area contributed by atoms with Gasteiger partial charge in [0.2, 0.25) is 10.0 Å². The van der Waals surface area contributed by atoms with Gasteiger partial charge in [0.15, 0.2) is 0 Å². The van der Waals surface area contributed by atoms with Crippen LogP contribution in [-0.4, -0.2) is 40.8 Å². The zero-order chi connectivity index (χ0) is 19.3. The summed E-state index contributed by atoms with van der Waals surface area (Å²) in [6.07, 6.45) is 7.22. The highest BCUT2D eigenvalue weighted by Crippen LogP contribution is 2.28. The number of esters is 2. The SMILES string of the molecule is COC(=O)C1=C(C(=O)OC)N(c2cccc(NS(C)(=O)=O)c2)C=CC=C1. The lowest BCUT2D eigenvalue weighted by molar-refractivity contribution is -0.139. The van der Waals surface area contributed by atoms with Crippen LogP contribution in [0.15, 0.2) is 60.0 Å². The first-order valence-corrected chi connectivity index (χ1v) is 9.29. The third-order valence-corrected chi connectivity index (χ3v) is 3.92. The van der Waals surface area contributed by atoms with Crippen molar-refractivity contribution in [3.05, 3.63) is 60.0 Å². The molecule has 26 heavy (non-hydrogen) atoms. The van der Waals surface area contributed by atoms with E-state index in [1.165, 1.54) is 31.3 Å². The molecule has 0 aromatic heterocycles. The Morgan fingerprint density at radius 3 is 2.38 bits per heavy atom. The summed E-state index contributed by atoms with van der Waals surface area (Å²) in [6.45, 7) is 0. The minimum Gasteiger partial charge on any atom is -0.465 e. The van der Waals surface area contributed by atoms with Gasteiger partial charge in [-0.1, -0.05) is 12.1 Å². The third kappa shape index (κ3) is 4.51. The smallest absolute Gasteiger partial charge is 0.355 e. The van der Waals surface area contributed by atoms with Gasteiger partial charge < -0.3 is 14.4 Å². The molecule has 0 aliphatic carbocycles. The van der Waals surface area contributed by atoms with Crippen molar-refractivity contribution in [1.29, 1.82) is 0 Å². The first-order chi connectivity index (χ1) is 12.3. The minimum atomic E-state index is -3.47. The van der Waals surface area contributed by atoms with E-state index in [2.05, 4.69) is 4.72 Å². The second-order valence-corrected chi connectivity index (χ2v) is 6.99. The highest BCUT2D eigenvalue weighted by molar-refractivity contribution is 7.92. The zero-order valence-electron chi connectivity index (χ0n) is 14.4. The maximum absolute atomic E-state index is 12.3. The lowest BCUT2D eigenvalue weighted by atomic mass is 10.1. The maximum atomic E-state index is 12.3. The Morgan fingerprint density at radius 2 is 1.77 bits per heavy atom. The van der Waals surface area contributed by atoms with Crippen molar-refractivity contribution in [2.24, 2.45) is 0 Å². The average Bonchev–Trinajstić information content (AvgIpc) is 2.82. The van der Waals surface area contributed by atoms with Crippen LogP contribution in [0.5, 0.6) is 0 Å². The van der Waals surface area contributed by atoms with Crippen LogP contribution in [0.4, 0.5) is 11.4 Å². The van der Waals surface area contributed by atoms with Crippen LogP contribution in [0.2, 0.25) is 0 Å². The summed E-state index contributed by atoms with van der Waals surface area (Å²) in [7, 11) is -1.07. The molecule has 1 aromatic rings. The fraction of sp³-hybridized carbons (Fsp3) is 0.176. The summed E-state index contributed by atoms with van der Waals surface area (Å²) in [5, 5.41) is 0. The van der Waals surface area contributed by atoms with E-state index in [0.717, 1.165) is 6.26 Å². The molecule has 0 unspecified atom stereocenters. The van der Waals surface area contributed by atoms with Crippen molar-refractivity contribution < 1.29 is 27.5 Å². The van der Waals surface area contributed by atoms with Crippen molar-refractivity contribution in [3.63, 3.8) is 0 Å². The summed E-state index contributed by atoms with van der Waals surface area (Å²) < 4.78 is 34.8. The largest absolute Gasteiger partial charge is 0.465 e. The summed E-state index contributed by atoms with van der Waals surface area (Å²) in [4.78, 5) is 25.9. The molecular formula is C17H18N2O6S. The Balaban J connectivity index is 2.60. The summed E-state index contributed by atoms with van der Waals surface area (Å²) in [5.74, 6) is -1.45. The highest BCUT2D eigenvalue weighted by Gasteiger charge is 2.27. The first-order valence-electron chi connectivity index (χ1n) is 7.39. The van der Waals surface area contributed by atoms with Crippen LogP contribution < -0.4 is 9.62 Å². The van der Waals surface area contributed by atoms with Crippen molar-refractivity contribution >= 4 is 33.3 Å². The number of hydrogen-bond donors (Lipinski definition) is 1. The number of carbonyl (C=O) groups is 2. The molecule has 9 heteroatoms. The Bertz CT molecular complexity index is 915. The van der Waals surface area contributed by atoms with E-state index in [-0.39, 0.29) is 11.3 Å². The third-order valence-electron chi connectivity index (χ3n) is 3.32. The monoisotopic (exact) mass is 378 g/mol. The van der Waals surface area contributed by atoms with E-state index in [1.54, 1.807) is 36.6 Å². The number of nitrogens with one attached hydrogen (secondary N) is 1. The van der Waals surface area contributed by atoms with E-state index >= 15 is 0 Å². The number of carbonyl (C=O) groups excluding carboxylic acids is 2. The van der Waals surface area contributed by atoms with Crippen molar-refractivity contribution in [1.82, 2.24) is 0 Å². The molecule has 0 saturated carbocycles. The lowest BCUT2D eigenvalue weighted by Gasteiger charge is -2.23. The van der Waals surface area contributed by atoms with Gasteiger partial charge in [0.25, 0.3) is 0 Å². The molecule has 1 heterocycles. The molecule has 0 fully saturated rings. The Kier molecular flexibility index (Phi) is 5.83. The van der Waals surface area contributed by atoms with Gasteiger partial charge in [-0.15, -0.1) is 0 Å². The average molecular weight is 378 g/mol. The van der Waals surface area contributed by atoms with Gasteiger partial charge >= 0.3 is 11.9 Å². The molecule has 2 rings (SSSR count). The standard InChI is InChI=1S/C17H18N2O6S/c1-24-16(20)14-9-4-5-10-19(15(14)17(21)25-2)13-8-6-7-12(11-13)18-26(3,22)23/h4-11,18H,1-3H3. The topological polar surface area (TPSA) is 102 Å². The second kappa shape index (κ2) is 7.87. The number of anilines is 2. The van der Waals surface area contributed by atoms with Crippen LogP contribution in [0, 0.1) is 0 Å². The normalized spacial score (nSPS) is 14.0. The number of methoxy groups -OCH3 is 2. The van der Waals surface area contributed by atoms with Crippen LogP contribution in [0.1, 0.15) is 0 Å². The molecule has 1 N–H and O–H groups in total. The molecule has 0 atom stereocenters. The fourth-order valence-corrected chi connectivity index (χ4v) is 2.85.